The van der Waals surface area contributed by atoms with E-state index in [2.05, 4.69) is 18.0 Å². The maximum Gasteiger partial charge on any atom is 0.417 e. The number of thioether (sulfide) groups is 1. The quantitative estimate of drug-likeness (QED) is 0.384. The second-order valence-electron chi connectivity index (χ2n) is 9.01. The largest absolute Gasteiger partial charge is 0.493 e. The van der Waals surface area contributed by atoms with E-state index in [1.54, 1.807) is 0 Å². The molecule has 3 amide bonds. The SMILES string of the molecule is CCc1ccc(CCOc2ccc(CC(SC(N)=O)C(=O)N3C(=O)OCC3Cc3ccccc3)cc2)nc1. The molecule has 0 bridgehead atoms. The zero-order valence-electron chi connectivity index (χ0n) is 21.2. The lowest BCUT2D eigenvalue weighted by Crippen LogP contribution is -2.45. The fraction of sp³-hybridized carbons (Fsp3) is 0.310. The molecule has 1 aliphatic heterocycles. The third-order valence-electron chi connectivity index (χ3n) is 6.31. The number of imide groups is 1. The molecule has 1 fully saturated rings. The Hall–Kier alpha value is -3.85. The Bertz CT molecular complexity index is 1240. The van der Waals surface area contributed by atoms with E-state index < -0.39 is 28.5 Å². The predicted molar refractivity (Wildman–Crippen MR) is 146 cm³/mol. The van der Waals surface area contributed by atoms with Gasteiger partial charge in [-0.3, -0.25) is 14.6 Å². The van der Waals surface area contributed by atoms with Crippen LogP contribution in [0.1, 0.15) is 29.3 Å². The molecule has 0 saturated carbocycles. The molecule has 2 N–H and O–H groups in total. The summed E-state index contributed by atoms with van der Waals surface area (Å²) >= 11 is 0.720. The van der Waals surface area contributed by atoms with Crippen molar-refractivity contribution in [1.29, 1.82) is 0 Å². The van der Waals surface area contributed by atoms with Gasteiger partial charge in [0, 0.05) is 18.3 Å². The van der Waals surface area contributed by atoms with Crippen molar-refractivity contribution in [3.63, 3.8) is 0 Å². The molecule has 4 rings (SSSR count). The van der Waals surface area contributed by atoms with Gasteiger partial charge in [0.05, 0.1) is 17.9 Å². The van der Waals surface area contributed by atoms with Gasteiger partial charge in [0.25, 0.3) is 5.24 Å². The Labute approximate surface area is 226 Å². The number of nitrogens with two attached hydrogens (primary N) is 1. The molecule has 8 nitrogen and oxygen atoms in total. The lowest BCUT2D eigenvalue weighted by molar-refractivity contribution is -0.128. The molecule has 3 aromatic rings. The number of amides is 3. The molecule has 0 spiro atoms. The van der Waals surface area contributed by atoms with Gasteiger partial charge >= 0.3 is 6.09 Å². The number of cyclic esters (lactones) is 1. The summed E-state index contributed by atoms with van der Waals surface area (Å²) in [4.78, 5) is 43.3. The fourth-order valence-electron chi connectivity index (χ4n) is 4.26. The van der Waals surface area contributed by atoms with Crippen LogP contribution in [0.3, 0.4) is 0 Å². The highest BCUT2D eigenvalue weighted by atomic mass is 32.2. The predicted octanol–water partition coefficient (Wildman–Crippen LogP) is 4.58. The van der Waals surface area contributed by atoms with Crippen LogP contribution in [0.4, 0.5) is 9.59 Å². The van der Waals surface area contributed by atoms with Crippen molar-refractivity contribution < 1.29 is 23.9 Å². The van der Waals surface area contributed by atoms with Gasteiger partial charge in [-0.2, -0.15) is 0 Å². The van der Waals surface area contributed by atoms with E-state index in [1.165, 1.54) is 5.56 Å². The summed E-state index contributed by atoms with van der Waals surface area (Å²) in [6.07, 6.45) is 3.52. The van der Waals surface area contributed by atoms with E-state index in [9.17, 15) is 14.4 Å². The summed E-state index contributed by atoms with van der Waals surface area (Å²) < 4.78 is 11.0. The zero-order chi connectivity index (χ0) is 26.9. The molecular formula is C29H31N3O5S. The summed E-state index contributed by atoms with van der Waals surface area (Å²) in [7, 11) is 0. The van der Waals surface area contributed by atoms with Crippen molar-refractivity contribution >= 4 is 29.0 Å². The molecule has 0 radical (unpaired) electrons. The van der Waals surface area contributed by atoms with E-state index in [0.29, 0.717) is 25.2 Å². The number of aromatic nitrogens is 1. The Kier molecular flexibility index (Phi) is 9.37. The Morgan fingerprint density at radius 3 is 2.47 bits per heavy atom. The Morgan fingerprint density at radius 1 is 1.08 bits per heavy atom. The minimum atomic E-state index is -0.861. The van der Waals surface area contributed by atoms with Crippen molar-refractivity contribution in [1.82, 2.24) is 9.88 Å². The number of carbonyl (C=O) groups is 3. The van der Waals surface area contributed by atoms with Crippen molar-refractivity contribution in [2.45, 2.75) is 43.9 Å². The normalized spacial score (nSPS) is 15.7. The van der Waals surface area contributed by atoms with Gasteiger partial charge < -0.3 is 15.2 Å². The van der Waals surface area contributed by atoms with Crippen molar-refractivity contribution in [2.24, 2.45) is 5.73 Å². The highest BCUT2D eigenvalue weighted by molar-refractivity contribution is 8.14. The number of hydrogen-bond acceptors (Lipinski definition) is 7. The van der Waals surface area contributed by atoms with Gasteiger partial charge in [0.15, 0.2) is 0 Å². The second-order valence-corrected chi connectivity index (χ2v) is 10.2. The minimum absolute atomic E-state index is 0.109. The number of benzene rings is 2. The molecule has 2 atom stereocenters. The highest BCUT2D eigenvalue weighted by Crippen LogP contribution is 2.26. The zero-order valence-corrected chi connectivity index (χ0v) is 22.1. The number of carbonyl (C=O) groups excluding carboxylic acids is 3. The first-order valence-electron chi connectivity index (χ1n) is 12.6. The molecular weight excluding hydrogens is 502 g/mol. The van der Waals surface area contributed by atoms with E-state index in [1.807, 2.05) is 66.9 Å². The van der Waals surface area contributed by atoms with E-state index >= 15 is 0 Å². The van der Waals surface area contributed by atoms with Crippen LogP contribution in [0.25, 0.3) is 0 Å². The Morgan fingerprint density at radius 2 is 1.82 bits per heavy atom. The van der Waals surface area contributed by atoms with Crippen LogP contribution in [0.2, 0.25) is 0 Å². The molecule has 2 unspecified atom stereocenters. The van der Waals surface area contributed by atoms with Gasteiger partial charge in [-0.25, -0.2) is 9.69 Å². The van der Waals surface area contributed by atoms with Crippen LogP contribution in [-0.4, -0.2) is 51.6 Å². The number of hydrogen-bond donors (Lipinski definition) is 1. The molecule has 1 aliphatic rings. The molecule has 1 saturated heterocycles. The molecule has 9 heteroatoms. The Balaban J connectivity index is 1.37. The fourth-order valence-corrected chi connectivity index (χ4v) is 5.03. The van der Waals surface area contributed by atoms with Crippen molar-refractivity contribution in [2.75, 3.05) is 13.2 Å². The second kappa shape index (κ2) is 13.1. The molecule has 1 aromatic heterocycles. The number of ether oxygens (including phenoxy) is 2. The van der Waals surface area contributed by atoms with Crippen LogP contribution in [-0.2, 0) is 35.2 Å². The van der Waals surface area contributed by atoms with Crippen LogP contribution >= 0.6 is 11.8 Å². The average Bonchev–Trinajstić information content (AvgIpc) is 3.29. The van der Waals surface area contributed by atoms with E-state index in [-0.39, 0.29) is 13.0 Å². The molecule has 38 heavy (non-hydrogen) atoms. The van der Waals surface area contributed by atoms with Crippen LogP contribution in [0.15, 0.2) is 72.9 Å². The van der Waals surface area contributed by atoms with Gasteiger partial charge in [0.2, 0.25) is 5.91 Å². The molecule has 198 valence electrons. The number of rotatable bonds is 11. The highest BCUT2D eigenvalue weighted by Gasteiger charge is 2.41. The van der Waals surface area contributed by atoms with Crippen LogP contribution < -0.4 is 10.5 Å². The minimum Gasteiger partial charge on any atom is -0.493 e. The number of aryl methyl sites for hydroxylation is 1. The van der Waals surface area contributed by atoms with Gasteiger partial charge in [0.1, 0.15) is 12.4 Å². The summed E-state index contributed by atoms with van der Waals surface area (Å²) in [5, 5.41) is -1.54. The molecule has 2 aromatic carbocycles. The monoisotopic (exact) mass is 533 g/mol. The topological polar surface area (TPSA) is 112 Å². The summed E-state index contributed by atoms with van der Waals surface area (Å²) in [6, 6.07) is 20.5. The van der Waals surface area contributed by atoms with Crippen molar-refractivity contribution in [3.8, 4) is 5.75 Å². The van der Waals surface area contributed by atoms with Gasteiger partial charge in [-0.1, -0.05) is 67.2 Å². The third-order valence-corrected chi connectivity index (χ3v) is 7.20. The maximum absolute atomic E-state index is 13.4. The van der Waals surface area contributed by atoms with E-state index in [4.69, 9.17) is 15.2 Å². The maximum atomic E-state index is 13.4. The molecule has 0 aliphatic carbocycles. The standard InChI is InChI=1S/C29H31N3O5S/c1-2-20-8-11-23(31-18-20)14-15-36-25-12-9-22(10-13-25)17-26(38-28(30)34)27(33)32-24(19-37-29(32)35)16-21-6-4-3-5-7-21/h3-13,18,24,26H,2,14-17,19H2,1H3,(H2,30,34). The number of primary amides is 1. The third kappa shape index (κ3) is 7.35. The smallest absolute Gasteiger partial charge is 0.417 e. The van der Waals surface area contributed by atoms with Crippen molar-refractivity contribution in [3.05, 3.63) is 95.3 Å². The first kappa shape index (κ1) is 27.2. The number of nitrogens with zero attached hydrogens (tertiary/aromatic N) is 2. The van der Waals surface area contributed by atoms with Gasteiger partial charge in [-0.05, 0) is 54.2 Å². The summed E-state index contributed by atoms with van der Waals surface area (Å²) in [5.41, 5.74) is 9.39. The average molecular weight is 534 g/mol. The van der Waals surface area contributed by atoms with Gasteiger partial charge in [-0.15, -0.1) is 0 Å². The lowest BCUT2D eigenvalue weighted by atomic mass is 10.0. The molecule has 2 heterocycles. The summed E-state index contributed by atoms with van der Waals surface area (Å²) in [5.74, 6) is 0.203. The van der Waals surface area contributed by atoms with E-state index in [0.717, 1.165) is 39.9 Å². The number of pyridine rings is 1. The van der Waals surface area contributed by atoms with Crippen LogP contribution in [0, 0.1) is 0 Å². The summed E-state index contributed by atoms with van der Waals surface area (Å²) in [6.45, 7) is 2.69. The first-order valence-corrected chi connectivity index (χ1v) is 13.5. The lowest BCUT2D eigenvalue weighted by Gasteiger charge is -2.24. The first-order chi connectivity index (χ1) is 18.4. The van der Waals surface area contributed by atoms with Crippen LogP contribution in [0.5, 0.6) is 5.75 Å².